The molecule has 1 aliphatic heterocycles. The first-order chi connectivity index (χ1) is 21.4. The van der Waals surface area contributed by atoms with Crippen LogP contribution in [0.4, 0.5) is 30.8 Å². The number of hydrogen-bond donors (Lipinski definition) is 0. The van der Waals surface area contributed by atoms with Gasteiger partial charge in [-0.05, 0) is 68.4 Å². The highest BCUT2D eigenvalue weighted by Gasteiger charge is 2.26. The van der Waals surface area contributed by atoms with Crippen LogP contribution in [-0.2, 0) is 4.74 Å². The van der Waals surface area contributed by atoms with Gasteiger partial charge in [-0.1, -0.05) is 35.4 Å². The molecule has 0 spiro atoms. The Kier molecular flexibility index (Phi) is 7.33. The molecule has 0 N–H and O–H groups in total. The minimum atomic E-state index is -0.933. The van der Waals surface area contributed by atoms with Gasteiger partial charge in [-0.15, -0.1) is 11.3 Å². The first-order valence-electron chi connectivity index (χ1n) is 13.8. The van der Waals surface area contributed by atoms with E-state index in [-0.39, 0.29) is 30.1 Å². The summed E-state index contributed by atoms with van der Waals surface area (Å²) in [5, 5.41) is 1.04. The number of aromatic nitrogens is 2. The molecule has 0 atom stereocenters. The number of ether oxygens (including phenoxy) is 1. The molecule has 0 bridgehead atoms. The Hall–Kier alpha value is -4.64. The van der Waals surface area contributed by atoms with Crippen molar-refractivity contribution < 1.29 is 18.3 Å². The predicted molar refractivity (Wildman–Crippen MR) is 173 cm³/mol. The van der Waals surface area contributed by atoms with E-state index in [1.54, 1.807) is 11.3 Å². The molecule has 6 nitrogen and oxygen atoms in total. The maximum atomic E-state index is 14.6. The van der Waals surface area contributed by atoms with Crippen LogP contribution in [0.3, 0.4) is 0 Å². The zero-order chi connectivity index (χ0) is 30.4. The Morgan fingerprint density at radius 3 is 2.18 bits per heavy atom. The molecule has 1 aliphatic rings. The molecular weight excluding hydrogens is 599 g/mol. The summed E-state index contributed by atoms with van der Waals surface area (Å²) in [4.78, 5) is 20.4. The molecule has 0 amide bonds. The first-order valence-corrected chi connectivity index (χ1v) is 15.4. The van der Waals surface area contributed by atoms with Crippen molar-refractivity contribution in [1.29, 1.82) is 0 Å². The summed E-state index contributed by atoms with van der Waals surface area (Å²) in [6.45, 7) is 3.75. The van der Waals surface area contributed by atoms with E-state index < -0.39 is 17.4 Å². The number of hydrogen-bond acceptors (Lipinski definition) is 8. The summed E-state index contributed by atoms with van der Waals surface area (Å²) in [6, 6.07) is 26.6. The SMILES string of the molecule is Cc1ccc(N(c2ccc(C)cc2)c2ccc(-c3ccc(/N=C4\COCC(=O)c5c(F)cc(F)cc54)c4nsnc34)s2)cc1. The summed E-state index contributed by atoms with van der Waals surface area (Å²) in [5.74, 6) is -2.28. The number of anilines is 3. The van der Waals surface area contributed by atoms with Gasteiger partial charge in [-0.25, -0.2) is 13.8 Å². The smallest absolute Gasteiger partial charge is 0.192 e. The number of ketones is 1. The molecule has 0 aliphatic carbocycles. The van der Waals surface area contributed by atoms with Gasteiger partial charge >= 0.3 is 0 Å². The fraction of sp³-hybridized carbons (Fsp3) is 0.118. The van der Waals surface area contributed by atoms with Gasteiger partial charge in [0.25, 0.3) is 0 Å². The van der Waals surface area contributed by atoms with Crippen LogP contribution in [0.25, 0.3) is 21.5 Å². The number of thiophene rings is 1. The quantitative estimate of drug-likeness (QED) is 0.192. The number of rotatable bonds is 5. The molecule has 218 valence electrons. The van der Waals surface area contributed by atoms with Crippen LogP contribution in [-0.4, -0.2) is 33.5 Å². The molecule has 4 aromatic carbocycles. The minimum Gasteiger partial charge on any atom is -0.367 e. The highest BCUT2D eigenvalue weighted by atomic mass is 32.1. The zero-order valence-electron chi connectivity index (χ0n) is 23.7. The van der Waals surface area contributed by atoms with Crippen LogP contribution in [0.2, 0.25) is 0 Å². The van der Waals surface area contributed by atoms with Crippen LogP contribution < -0.4 is 4.90 Å². The second-order valence-electron chi connectivity index (χ2n) is 10.5. The maximum Gasteiger partial charge on any atom is 0.192 e. The largest absolute Gasteiger partial charge is 0.367 e. The standard InChI is InChI=1S/C34H24F2N4O2S2/c1-19-3-7-22(8-4-19)40(23-9-5-20(2)6-10-23)31-14-13-30(43-31)24-11-12-27(34-33(24)38-44-39-34)37-28-17-42-18-29(41)32-25(28)15-21(35)16-26(32)36/h3-16H,17-18H2,1-2H3/b37-28+. The highest BCUT2D eigenvalue weighted by Crippen LogP contribution is 2.44. The van der Waals surface area contributed by atoms with E-state index in [2.05, 4.69) is 88.2 Å². The Bertz CT molecular complexity index is 2020. The summed E-state index contributed by atoms with van der Waals surface area (Å²) in [7, 11) is 0. The molecule has 0 unspecified atom stereocenters. The van der Waals surface area contributed by atoms with Crippen LogP contribution in [0.1, 0.15) is 27.0 Å². The third-order valence-corrected chi connectivity index (χ3v) is 9.06. The van der Waals surface area contributed by atoms with Crippen molar-refractivity contribution in [1.82, 2.24) is 8.75 Å². The van der Waals surface area contributed by atoms with E-state index in [0.29, 0.717) is 22.8 Å². The number of halogens is 2. The summed E-state index contributed by atoms with van der Waals surface area (Å²) in [6.07, 6.45) is 0. The second-order valence-corrected chi connectivity index (χ2v) is 12.1. The number of fused-ring (bicyclic) bond motifs is 2. The minimum absolute atomic E-state index is 0.0788. The van der Waals surface area contributed by atoms with E-state index in [1.165, 1.54) is 11.1 Å². The molecule has 44 heavy (non-hydrogen) atoms. The average molecular weight is 623 g/mol. The van der Waals surface area contributed by atoms with Crippen molar-refractivity contribution in [3.05, 3.63) is 119 Å². The summed E-state index contributed by atoms with van der Waals surface area (Å²) < 4.78 is 43.4. The molecular formula is C34H24F2N4O2S2. The van der Waals surface area contributed by atoms with Gasteiger partial charge in [-0.3, -0.25) is 4.79 Å². The molecule has 0 saturated heterocycles. The fourth-order valence-electron chi connectivity index (χ4n) is 5.24. The molecule has 7 rings (SSSR count). The van der Waals surface area contributed by atoms with E-state index in [9.17, 15) is 13.6 Å². The van der Waals surface area contributed by atoms with Crippen LogP contribution in [0.5, 0.6) is 0 Å². The molecule has 6 aromatic rings. The van der Waals surface area contributed by atoms with E-state index in [4.69, 9.17) is 9.73 Å². The molecule has 2 aromatic heterocycles. The van der Waals surface area contributed by atoms with Crippen molar-refractivity contribution in [2.75, 3.05) is 18.1 Å². The lowest BCUT2D eigenvalue weighted by Gasteiger charge is -2.24. The average Bonchev–Trinajstić information content (AvgIpc) is 3.66. The third kappa shape index (κ3) is 5.21. The molecule has 0 radical (unpaired) electrons. The first kappa shape index (κ1) is 28.1. The van der Waals surface area contributed by atoms with Crippen LogP contribution in [0.15, 0.2) is 89.9 Å². The monoisotopic (exact) mass is 622 g/mol. The van der Waals surface area contributed by atoms with Gasteiger partial charge in [0.2, 0.25) is 0 Å². The van der Waals surface area contributed by atoms with Crippen molar-refractivity contribution >= 4 is 67.7 Å². The molecule has 3 heterocycles. The van der Waals surface area contributed by atoms with Gasteiger partial charge in [0.05, 0.1) is 35.3 Å². The maximum absolute atomic E-state index is 14.6. The lowest BCUT2D eigenvalue weighted by Crippen LogP contribution is -2.11. The normalized spacial score (nSPS) is 14.2. The van der Waals surface area contributed by atoms with Crippen molar-refractivity contribution in [2.45, 2.75) is 13.8 Å². The number of aryl methyl sites for hydroxylation is 2. The topological polar surface area (TPSA) is 67.7 Å². The van der Waals surface area contributed by atoms with Gasteiger partial charge in [0, 0.05) is 33.4 Å². The van der Waals surface area contributed by atoms with Crippen molar-refractivity contribution in [2.24, 2.45) is 4.99 Å². The number of carbonyl (C=O) groups excluding carboxylic acids is 1. The van der Waals surface area contributed by atoms with E-state index in [0.717, 1.165) is 44.6 Å². The summed E-state index contributed by atoms with van der Waals surface area (Å²) in [5.41, 5.74) is 7.18. The number of carbonyl (C=O) groups is 1. The zero-order valence-corrected chi connectivity index (χ0v) is 25.3. The second kappa shape index (κ2) is 11.5. The van der Waals surface area contributed by atoms with Gasteiger partial charge in [0.15, 0.2) is 5.78 Å². The Balaban J connectivity index is 1.30. The van der Waals surface area contributed by atoms with Crippen LogP contribution >= 0.6 is 23.1 Å². The molecule has 10 heteroatoms. The van der Waals surface area contributed by atoms with Crippen LogP contribution in [0, 0.1) is 25.5 Å². The van der Waals surface area contributed by atoms with E-state index in [1.807, 2.05) is 12.1 Å². The number of Topliss-reactive ketones (excluding diaryl/α,β-unsaturated/α-hetero) is 1. The number of aliphatic imine (C=N–C) groups is 1. The Morgan fingerprint density at radius 2 is 1.48 bits per heavy atom. The lowest BCUT2D eigenvalue weighted by molar-refractivity contribution is 0.0824. The van der Waals surface area contributed by atoms with Gasteiger partial charge in [-0.2, -0.15) is 8.75 Å². The molecule has 0 fully saturated rings. The summed E-state index contributed by atoms with van der Waals surface area (Å²) >= 11 is 2.70. The lowest BCUT2D eigenvalue weighted by atomic mass is 9.99. The third-order valence-electron chi connectivity index (χ3n) is 7.43. The molecule has 0 saturated carbocycles. The van der Waals surface area contributed by atoms with Crippen molar-refractivity contribution in [3.63, 3.8) is 0 Å². The number of nitrogens with zero attached hydrogens (tertiary/aromatic N) is 4. The van der Waals surface area contributed by atoms with Gasteiger partial charge < -0.3 is 9.64 Å². The van der Waals surface area contributed by atoms with Gasteiger partial charge in [0.1, 0.15) is 34.3 Å². The predicted octanol–water partition coefficient (Wildman–Crippen LogP) is 9.12. The van der Waals surface area contributed by atoms with E-state index >= 15 is 0 Å². The Labute approximate surface area is 260 Å². The highest BCUT2D eigenvalue weighted by molar-refractivity contribution is 7.19. The fourth-order valence-corrected chi connectivity index (χ4v) is 6.88. The number of benzene rings is 4. The Morgan fingerprint density at radius 1 is 0.795 bits per heavy atom. The van der Waals surface area contributed by atoms with Crippen molar-refractivity contribution in [3.8, 4) is 10.4 Å².